The van der Waals surface area contributed by atoms with Crippen LogP contribution in [-0.2, 0) is 11.3 Å². The Balaban J connectivity index is 1.88. The predicted molar refractivity (Wildman–Crippen MR) is 138 cm³/mol. The summed E-state index contributed by atoms with van der Waals surface area (Å²) in [4.78, 5) is 43.2. The second kappa shape index (κ2) is 12.5. The lowest BCUT2D eigenvalue weighted by molar-refractivity contribution is 0.0948. The Morgan fingerprint density at radius 3 is 2.49 bits per heavy atom. The molecule has 0 saturated carbocycles. The van der Waals surface area contributed by atoms with E-state index in [2.05, 4.69) is 10.3 Å². The van der Waals surface area contributed by atoms with Crippen LogP contribution in [0, 0.1) is 5.92 Å². The lowest BCUT2D eigenvalue weighted by Crippen LogP contribution is -2.28. The average molecular weight is 498 g/mol. The standard InChI is InChI=1S/C26H31N3O5S/c1-5-34-20-9-6-18(7-10-20)23(30)16-35-26-28-22-14-19(24(31)27-15-17(2)3)8-11-21(22)25(32)29(26)12-13-33-4/h6-11,14,17H,5,12-13,15-16H2,1-4H3,(H,27,31). The number of methoxy groups -OCH3 is 1. The number of ether oxygens (including phenoxy) is 2. The number of Topliss-reactive ketones (excluding diaryl/α,β-unsaturated/α-hetero) is 1. The molecule has 0 saturated heterocycles. The van der Waals surface area contributed by atoms with Gasteiger partial charge in [-0.25, -0.2) is 4.98 Å². The Kier molecular flexibility index (Phi) is 9.45. The van der Waals surface area contributed by atoms with Crippen molar-refractivity contribution in [3.8, 4) is 5.75 Å². The van der Waals surface area contributed by atoms with Gasteiger partial charge in [0.1, 0.15) is 5.75 Å². The van der Waals surface area contributed by atoms with E-state index in [9.17, 15) is 14.4 Å². The third kappa shape index (κ3) is 6.93. The number of benzene rings is 2. The summed E-state index contributed by atoms with van der Waals surface area (Å²) in [6, 6.07) is 11.8. The van der Waals surface area contributed by atoms with Gasteiger partial charge in [0.05, 0.1) is 36.4 Å². The number of thioether (sulfide) groups is 1. The zero-order chi connectivity index (χ0) is 25.4. The van der Waals surface area contributed by atoms with Crippen molar-refractivity contribution in [2.24, 2.45) is 5.92 Å². The van der Waals surface area contributed by atoms with Crippen LogP contribution in [0.3, 0.4) is 0 Å². The van der Waals surface area contributed by atoms with Gasteiger partial charge in [-0.15, -0.1) is 0 Å². The smallest absolute Gasteiger partial charge is 0.262 e. The molecule has 2 aromatic carbocycles. The molecule has 0 radical (unpaired) electrons. The van der Waals surface area contributed by atoms with Crippen LogP contribution in [0.5, 0.6) is 5.75 Å². The molecule has 1 N–H and O–H groups in total. The molecule has 0 spiro atoms. The molecule has 8 nitrogen and oxygen atoms in total. The molecule has 0 aliphatic heterocycles. The monoisotopic (exact) mass is 497 g/mol. The van der Waals surface area contributed by atoms with Crippen molar-refractivity contribution in [2.45, 2.75) is 32.5 Å². The quantitative estimate of drug-likeness (QED) is 0.231. The number of rotatable bonds is 12. The minimum atomic E-state index is -0.239. The number of ketones is 1. The fraction of sp³-hybridized carbons (Fsp3) is 0.385. The second-order valence-electron chi connectivity index (χ2n) is 8.35. The van der Waals surface area contributed by atoms with Crippen LogP contribution in [0.2, 0.25) is 0 Å². The van der Waals surface area contributed by atoms with Crippen LogP contribution in [0.25, 0.3) is 10.9 Å². The van der Waals surface area contributed by atoms with Crippen molar-refractivity contribution < 1.29 is 19.1 Å². The number of carbonyl (C=O) groups excluding carboxylic acids is 2. The summed E-state index contributed by atoms with van der Waals surface area (Å²) >= 11 is 1.19. The number of hydrogen-bond donors (Lipinski definition) is 1. The first kappa shape index (κ1) is 26.4. The van der Waals surface area contributed by atoms with Gasteiger partial charge in [0.15, 0.2) is 10.9 Å². The Bertz CT molecular complexity index is 1240. The van der Waals surface area contributed by atoms with Crippen LogP contribution in [0.15, 0.2) is 52.4 Å². The van der Waals surface area contributed by atoms with E-state index in [4.69, 9.17) is 9.47 Å². The zero-order valence-electron chi connectivity index (χ0n) is 20.5. The lowest BCUT2D eigenvalue weighted by atomic mass is 10.1. The molecule has 186 valence electrons. The molecular formula is C26H31N3O5S. The van der Waals surface area contributed by atoms with Crippen LogP contribution >= 0.6 is 11.8 Å². The molecule has 35 heavy (non-hydrogen) atoms. The average Bonchev–Trinajstić information content (AvgIpc) is 2.85. The van der Waals surface area contributed by atoms with Gasteiger partial charge in [0.25, 0.3) is 11.5 Å². The maximum Gasteiger partial charge on any atom is 0.262 e. The number of nitrogens with one attached hydrogen (secondary N) is 1. The molecule has 9 heteroatoms. The largest absolute Gasteiger partial charge is 0.494 e. The molecule has 0 atom stereocenters. The van der Waals surface area contributed by atoms with Crippen molar-refractivity contribution >= 4 is 34.4 Å². The van der Waals surface area contributed by atoms with E-state index >= 15 is 0 Å². The molecule has 0 unspecified atom stereocenters. The highest BCUT2D eigenvalue weighted by atomic mass is 32.2. The fourth-order valence-electron chi connectivity index (χ4n) is 3.35. The molecule has 0 fully saturated rings. The molecule has 1 heterocycles. The molecule has 0 aliphatic carbocycles. The van der Waals surface area contributed by atoms with Crippen LogP contribution in [-0.4, -0.2) is 53.9 Å². The SMILES string of the molecule is CCOc1ccc(C(=O)CSc2nc3cc(C(=O)NCC(C)C)ccc3c(=O)n2CCOC)cc1. The van der Waals surface area contributed by atoms with Crippen molar-refractivity contribution in [1.82, 2.24) is 14.9 Å². The predicted octanol–water partition coefficient (Wildman–Crippen LogP) is 3.80. The van der Waals surface area contributed by atoms with E-state index in [0.717, 1.165) is 0 Å². The number of aromatic nitrogens is 2. The maximum atomic E-state index is 13.2. The van der Waals surface area contributed by atoms with Crippen molar-refractivity contribution in [3.05, 3.63) is 63.9 Å². The van der Waals surface area contributed by atoms with Crippen molar-refractivity contribution in [2.75, 3.05) is 32.6 Å². The van der Waals surface area contributed by atoms with Crippen LogP contribution in [0.4, 0.5) is 0 Å². The maximum absolute atomic E-state index is 13.2. The molecule has 0 aliphatic rings. The number of amides is 1. The summed E-state index contributed by atoms with van der Waals surface area (Å²) in [5.41, 5.74) is 1.16. The third-order valence-corrected chi connectivity index (χ3v) is 6.17. The Hall–Kier alpha value is -3.17. The van der Waals surface area contributed by atoms with Gasteiger partial charge >= 0.3 is 0 Å². The highest BCUT2D eigenvalue weighted by molar-refractivity contribution is 7.99. The van der Waals surface area contributed by atoms with Crippen molar-refractivity contribution in [3.63, 3.8) is 0 Å². The molecule has 0 bridgehead atoms. The fourth-order valence-corrected chi connectivity index (χ4v) is 4.27. The van der Waals surface area contributed by atoms with Crippen LogP contribution in [0.1, 0.15) is 41.5 Å². The molecule has 3 aromatic rings. The number of hydrogen-bond acceptors (Lipinski definition) is 7. The summed E-state index contributed by atoms with van der Waals surface area (Å²) < 4.78 is 12.1. The molecule has 3 rings (SSSR count). The van der Waals surface area contributed by atoms with E-state index in [1.807, 2.05) is 20.8 Å². The number of carbonyl (C=O) groups is 2. The first-order valence-corrected chi connectivity index (χ1v) is 12.5. The zero-order valence-corrected chi connectivity index (χ0v) is 21.3. The molecule has 1 amide bonds. The highest BCUT2D eigenvalue weighted by Gasteiger charge is 2.16. The Morgan fingerprint density at radius 1 is 1.11 bits per heavy atom. The number of nitrogens with zero attached hydrogens (tertiary/aromatic N) is 2. The van der Waals surface area contributed by atoms with Gasteiger partial charge in [0, 0.05) is 24.8 Å². The summed E-state index contributed by atoms with van der Waals surface area (Å²) in [5.74, 6) is 0.822. The Morgan fingerprint density at radius 2 is 1.83 bits per heavy atom. The van der Waals surface area contributed by atoms with Crippen molar-refractivity contribution in [1.29, 1.82) is 0 Å². The minimum Gasteiger partial charge on any atom is -0.494 e. The summed E-state index contributed by atoms with van der Waals surface area (Å²) in [6.07, 6.45) is 0. The van der Waals surface area contributed by atoms with Crippen LogP contribution < -0.4 is 15.6 Å². The van der Waals surface area contributed by atoms with Gasteiger partial charge in [0.2, 0.25) is 0 Å². The van der Waals surface area contributed by atoms with Gasteiger partial charge in [-0.05, 0) is 55.3 Å². The summed E-state index contributed by atoms with van der Waals surface area (Å²) in [7, 11) is 1.56. The minimum absolute atomic E-state index is 0.0903. The van der Waals surface area contributed by atoms with Gasteiger partial charge < -0.3 is 14.8 Å². The molecular weight excluding hydrogens is 466 g/mol. The first-order chi connectivity index (χ1) is 16.8. The van der Waals surface area contributed by atoms with E-state index < -0.39 is 0 Å². The van der Waals surface area contributed by atoms with Gasteiger partial charge in [-0.3, -0.25) is 19.0 Å². The third-order valence-electron chi connectivity index (χ3n) is 5.19. The first-order valence-electron chi connectivity index (χ1n) is 11.5. The summed E-state index contributed by atoms with van der Waals surface area (Å²) in [6.45, 7) is 7.66. The Labute approximate surface area is 209 Å². The number of fused-ring (bicyclic) bond motifs is 1. The summed E-state index contributed by atoms with van der Waals surface area (Å²) in [5, 5.41) is 3.68. The highest BCUT2D eigenvalue weighted by Crippen LogP contribution is 2.21. The van der Waals surface area contributed by atoms with Gasteiger partial charge in [-0.1, -0.05) is 25.6 Å². The van der Waals surface area contributed by atoms with E-state index in [1.165, 1.54) is 16.3 Å². The van der Waals surface area contributed by atoms with E-state index in [0.29, 0.717) is 65.2 Å². The molecule has 1 aromatic heterocycles. The van der Waals surface area contributed by atoms with Gasteiger partial charge in [-0.2, -0.15) is 0 Å². The normalized spacial score (nSPS) is 11.1. The van der Waals surface area contributed by atoms with E-state index in [1.54, 1.807) is 49.6 Å². The topological polar surface area (TPSA) is 99.5 Å². The second-order valence-corrected chi connectivity index (χ2v) is 9.29. The lowest BCUT2D eigenvalue weighted by Gasteiger charge is -2.13. The van der Waals surface area contributed by atoms with E-state index in [-0.39, 0.29) is 23.0 Å².